The molecule has 0 saturated carbocycles. The van der Waals surface area contributed by atoms with E-state index in [0.717, 1.165) is 35.5 Å². The first kappa shape index (κ1) is 22.3. The van der Waals surface area contributed by atoms with Gasteiger partial charge in [-0.05, 0) is 57.0 Å². The number of piperazine rings is 1. The van der Waals surface area contributed by atoms with Crippen LogP contribution in [-0.2, 0) is 0 Å². The molecule has 1 heterocycles. The largest absolute Gasteiger partial charge is 0.497 e. The minimum atomic E-state index is -0.0182. The monoisotopic (exact) mass is 409 g/mol. The fourth-order valence-corrected chi connectivity index (χ4v) is 4.38. The third-order valence-corrected chi connectivity index (χ3v) is 6.09. The van der Waals surface area contributed by atoms with Crippen LogP contribution < -0.4 is 10.1 Å². The van der Waals surface area contributed by atoms with Crippen molar-refractivity contribution in [3.05, 3.63) is 65.2 Å². The Bertz CT molecular complexity index is 850. The highest BCUT2D eigenvalue weighted by molar-refractivity contribution is 5.96. The highest BCUT2D eigenvalue weighted by Crippen LogP contribution is 2.35. The molecule has 30 heavy (non-hydrogen) atoms. The van der Waals surface area contributed by atoms with E-state index < -0.39 is 0 Å². The Labute approximate surface area is 181 Å². The lowest BCUT2D eigenvalue weighted by Crippen LogP contribution is -2.55. The molecule has 5 heteroatoms. The number of rotatable bonds is 7. The van der Waals surface area contributed by atoms with Crippen molar-refractivity contribution in [2.24, 2.45) is 0 Å². The lowest BCUT2D eigenvalue weighted by molar-refractivity contribution is 0.0764. The van der Waals surface area contributed by atoms with Crippen molar-refractivity contribution >= 4 is 5.91 Å². The van der Waals surface area contributed by atoms with Crippen LogP contribution in [0.1, 0.15) is 55.2 Å². The van der Waals surface area contributed by atoms with Gasteiger partial charge in [0, 0.05) is 43.8 Å². The lowest BCUT2D eigenvalue weighted by Gasteiger charge is -2.43. The maximum atomic E-state index is 13.4. The van der Waals surface area contributed by atoms with Gasteiger partial charge < -0.3 is 15.0 Å². The first-order valence-corrected chi connectivity index (χ1v) is 11.0. The van der Waals surface area contributed by atoms with Crippen LogP contribution in [0.3, 0.4) is 0 Å². The van der Waals surface area contributed by atoms with Crippen LogP contribution in [0.25, 0.3) is 0 Å². The van der Waals surface area contributed by atoms with Crippen LogP contribution in [0, 0.1) is 0 Å². The molecule has 1 saturated heterocycles. The van der Waals surface area contributed by atoms with Gasteiger partial charge in [-0.25, -0.2) is 0 Å². The summed E-state index contributed by atoms with van der Waals surface area (Å²) in [5.41, 5.74) is 2.99. The highest BCUT2D eigenvalue weighted by atomic mass is 16.5. The molecular formula is C25H35N3O2. The Morgan fingerprint density at radius 1 is 1.17 bits per heavy atom. The second-order valence-corrected chi connectivity index (χ2v) is 8.10. The molecule has 3 atom stereocenters. The molecule has 0 spiro atoms. The van der Waals surface area contributed by atoms with E-state index >= 15 is 0 Å². The summed E-state index contributed by atoms with van der Waals surface area (Å²) in [5, 5.41) is 3.57. The maximum Gasteiger partial charge on any atom is 0.254 e. The summed E-state index contributed by atoms with van der Waals surface area (Å²) >= 11 is 0. The van der Waals surface area contributed by atoms with Crippen molar-refractivity contribution in [1.29, 1.82) is 0 Å². The van der Waals surface area contributed by atoms with Gasteiger partial charge >= 0.3 is 0 Å². The standard InChI is InChI=1S/C25H35N3O2/c1-6-27(7-2)25(29)23-14-9-8-13-22(23)24(20-11-10-12-21(15-20)30-5)28-17-18(3)26-16-19(28)4/h8-15,18-19,24,26H,6-7,16-17H2,1-5H3/t18-,19+,24-/m1/s1. The summed E-state index contributed by atoms with van der Waals surface area (Å²) in [5.74, 6) is 0.931. The Kier molecular flexibility index (Phi) is 7.51. The minimum Gasteiger partial charge on any atom is -0.497 e. The quantitative estimate of drug-likeness (QED) is 0.752. The smallest absolute Gasteiger partial charge is 0.254 e. The molecule has 3 rings (SSSR count). The zero-order chi connectivity index (χ0) is 21.7. The molecule has 5 nitrogen and oxygen atoms in total. The third-order valence-electron chi connectivity index (χ3n) is 6.09. The van der Waals surface area contributed by atoms with E-state index in [2.05, 4.69) is 42.3 Å². The van der Waals surface area contributed by atoms with Gasteiger partial charge in [-0.1, -0.05) is 30.3 Å². The van der Waals surface area contributed by atoms with Crippen molar-refractivity contribution in [3.63, 3.8) is 0 Å². The van der Waals surface area contributed by atoms with Gasteiger partial charge in [0.05, 0.1) is 13.2 Å². The molecule has 0 aromatic heterocycles. The van der Waals surface area contributed by atoms with Gasteiger partial charge in [0.2, 0.25) is 0 Å². The van der Waals surface area contributed by atoms with E-state index in [1.54, 1.807) is 7.11 Å². The lowest BCUT2D eigenvalue weighted by atomic mass is 9.90. The van der Waals surface area contributed by atoms with Crippen LogP contribution in [0.4, 0.5) is 0 Å². The predicted molar refractivity (Wildman–Crippen MR) is 122 cm³/mol. The molecule has 0 radical (unpaired) electrons. The molecule has 1 fully saturated rings. The summed E-state index contributed by atoms with van der Waals surface area (Å²) in [7, 11) is 1.70. The fraction of sp³-hybridized carbons (Fsp3) is 0.480. The molecule has 1 aliphatic heterocycles. The number of amides is 1. The number of ether oxygens (including phenoxy) is 1. The molecule has 0 aliphatic carbocycles. The summed E-state index contributed by atoms with van der Waals surface area (Å²) in [6.45, 7) is 11.8. The Morgan fingerprint density at radius 2 is 1.90 bits per heavy atom. The van der Waals surface area contributed by atoms with Crippen molar-refractivity contribution in [2.75, 3.05) is 33.3 Å². The van der Waals surface area contributed by atoms with E-state index in [-0.39, 0.29) is 11.9 Å². The average Bonchev–Trinajstić information content (AvgIpc) is 2.77. The highest BCUT2D eigenvalue weighted by Gasteiger charge is 2.33. The Hall–Kier alpha value is -2.37. The normalized spacial score (nSPS) is 20.6. The van der Waals surface area contributed by atoms with Crippen LogP contribution in [-0.4, -0.2) is 61.1 Å². The van der Waals surface area contributed by atoms with Crippen LogP contribution in [0.5, 0.6) is 5.75 Å². The third kappa shape index (κ3) is 4.68. The molecule has 162 valence electrons. The fourth-order valence-electron chi connectivity index (χ4n) is 4.38. The summed E-state index contributed by atoms with van der Waals surface area (Å²) < 4.78 is 5.52. The summed E-state index contributed by atoms with van der Waals surface area (Å²) in [4.78, 5) is 17.8. The zero-order valence-corrected chi connectivity index (χ0v) is 18.9. The number of hydrogen-bond donors (Lipinski definition) is 1. The van der Waals surface area contributed by atoms with E-state index in [4.69, 9.17) is 4.74 Å². The first-order chi connectivity index (χ1) is 14.5. The number of carbonyl (C=O) groups is 1. The van der Waals surface area contributed by atoms with Crippen molar-refractivity contribution in [1.82, 2.24) is 15.1 Å². The second-order valence-electron chi connectivity index (χ2n) is 8.10. The van der Waals surface area contributed by atoms with Crippen LogP contribution in [0.2, 0.25) is 0 Å². The molecule has 0 unspecified atom stereocenters. The zero-order valence-electron chi connectivity index (χ0n) is 18.9. The molecule has 1 N–H and O–H groups in total. The van der Waals surface area contributed by atoms with Gasteiger partial charge in [0.25, 0.3) is 5.91 Å². The van der Waals surface area contributed by atoms with Crippen LogP contribution >= 0.6 is 0 Å². The van der Waals surface area contributed by atoms with E-state index in [1.807, 2.05) is 49.1 Å². The number of hydrogen-bond acceptors (Lipinski definition) is 4. The van der Waals surface area contributed by atoms with Crippen LogP contribution in [0.15, 0.2) is 48.5 Å². The van der Waals surface area contributed by atoms with Gasteiger partial charge in [0.1, 0.15) is 5.75 Å². The average molecular weight is 410 g/mol. The maximum absolute atomic E-state index is 13.4. The van der Waals surface area contributed by atoms with E-state index in [0.29, 0.717) is 25.2 Å². The van der Waals surface area contributed by atoms with Gasteiger partial charge in [-0.3, -0.25) is 9.69 Å². The number of carbonyl (C=O) groups excluding carboxylic acids is 1. The molecule has 2 aromatic carbocycles. The van der Waals surface area contributed by atoms with Gasteiger partial charge in [0.15, 0.2) is 0 Å². The Morgan fingerprint density at radius 3 is 2.60 bits per heavy atom. The topological polar surface area (TPSA) is 44.8 Å². The summed E-state index contributed by atoms with van der Waals surface area (Å²) in [6.07, 6.45) is 0. The first-order valence-electron chi connectivity index (χ1n) is 11.0. The molecule has 0 bridgehead atoms. The van der Waals surface area contributed by atoms with Gasteiger partial charge in [-0.15, -0.1) is 0 Å². The second kappa shape index (κ2) is 10.1. The molecule has 1 amide bonds. The molecule has 2 aromatic rings. The van der Waals surface area contributed by atoms with Crippen molar-refractivity contribution in [2.45, 2.75) is 45.8 Å². The SMILES string of the molecule is CCN(CC)C(=O)c1ccccc1[C@@H](c1cccc(OC)c1)N1C[C@@H](C)NC[C@@H]1C. The number of nitrogens with one attached hydrogen (secondary N) is 1. The number of methoxy groups -OCH3 is 1. The molecule has 1 aliphatic rings. The number of benzene rings is 2. The van der Waals surface area contributed by atoms with Crippen molar-refractivity contribution < 1.29 is 9.53 Å². The minimum absolute atomic E-state index is 0.0182. The summed E-state index contributed by atoms with van der Waals surface area (Å²) in [6, 6.07) is 17.0. The van der Waals surface area contributed by atoms with Crippen molar-refractivity contribution in [3.8, 4) is 5.75 Å². The van der Waals surface area contributed by atoms with Gasteiger partial charge in [-0.2, -0.15) is 0 Å². The molecular weight excluding hydrogens is 374 g/mol. The van der Waals surface area contributed by atoms with E-state index in [9.17, 15) is 4.79 Å². The predicted octanol–water partition coefficient (Wildman–Crippen LogP) is 3.95. The van der Waals surface area contributed by atoms with E-state index in [1.165, 1.54) is 0 Å². The Balaban J connectivity index is 2.15. The number of nitrogens with zero attached hydrogens (tertiary/aromatic N) is 2.